The fourth-order valence-corrected chi connectivity index (χ4v) is 1.51. The van der Waals surface area contributed by atoms with E-state index >= 15 is 0 Å². The molecule has 0 aliphatic rings. The molecule has 0 saturated carbocycles. The smallest absolute Gasteiger partial charge is 0.0474 e. The van der Waals surface area contributed by atoms with Crippen molar-refractivity contribution in [2.75, 3.05) is 0 Å². The van der Waals surface area contributed by atoms with Crippen molar-refractivity contribution in [2.45, 2.75) is 5.88 Å². The molecule has 0 radical (unpaired) electrons. The zero-order chi connectivity index (χ0) is 8.27. The molecule has 1 aromatic carbocycles. The van der Waals surface area contributed by atoms with Gasteiger partial charge in [-0.05, 0) is 23.8 Å². The van der Waals surface area contributed by atoms with E-state index in [1.165, 1.54) is 0 Å². The first-order valence-corrected chi connectivity index (χ1v) is 4.41. The lowest BCUT2D eigenvalue weighted by molar-refractivity contribution is 1.38. The molecule has 56 valence electrons. The molecule has 0 N–H and O–H groups in total. The summed E-state index contributed by atoms with van der Waals surface area (Å²) in [5, 5.41) is 0. The van der Waals surface area contributed by atoms with E-state index in [1.807, 2.05) is 18.2 Å². The van der Waals surface area contributed by atoms with Crippen molar-refractivity contribution in [3.63, 3.8) is 0 Å². The molecular weight excluding hydrogens is 223 g/mol. The van der Waals surface area contributed by atoms with Crippen molar-refractivity contribution in [3.05, 3.63) is 33.8 Å². The third kappa shape index (κ3) is 2.25. The van der Waals surface area contributed by atoms with Crippen LogP contribution in [0.4, 0.5) is 0 Å². The van der Waals surface area contributed by atoms with Gasteiger partial charge >= 0.3 is 0 Å². The van der Waals surface area contributed by atoms with Crippen molar-refractivity contribution in [3.8, 4) is 12.3 Å². The molecule has 0 heterocycles. The maximum atomic E-state index is 5.64. The number of rotatable bonds is 1. The van der Waals surface area contributed by atoms with E-state index in [2.05, 4.69) is 21.9 Å². The molecule has 1 aromatic rings. The summed E-state index contributed by atoms with van der Waals surface area (Å²) in [6.45, 7) is 0. The van der Waals surface area contributed by atoms with E-state index < -0.39 is 0 Å². The predicted molar refractivity (Wildman–Crippen MR) is 51.6 cm³/mol. The second kappa shape index (κ2) is 3.80. The second-order valence-corrected chi connectivity index (χ2v) is 3.31. The van der Waals surface area contributed by atoms with Crippen LogP contribution >= 0.6 is 27.5 Å². The monoisotopic (exact) mass is 228 g/mol. The van der Waals surface area contributed by atoms with Gasteiger partial charge in [-0.25, -0.2) is 0 Å². The van der Waals surface area contributed by atoms with E-state index in [9.17, 15) is 0 Å². The zero-order valence-corrected chi connectivity index (χ0v) is 8.11. The van der Waals surface area contributed by atoms with Crippen molar-refractivity contribution in [2.24, 2.45) is 0 Å². The summed E-state index contributed by atoms with van der Waals surface area (Å²) < 4.78 is 0.976. The summed E-state index contributed by atoms with van der Waals surface area (Å²) in [5.41, 5.74) is 1.89. The highest BCUT2D eigenvalue weighted by Crippen LogP contribution is 2.16. The van der Waals surface area contributed by atoms with Gasteiger partial charge in [-0.1, -0.05) is 21.9 Å². The van der Waals surface area contributed by atoms with Gasteiger partial charge in [0, 0.05) is 15.9 Å². The Balaban J connectivity index is 3.15. The Labute approximate surface area is 79.7 Å². The van der Waals surface area contributed by atoms with Crippen LogP contribution in [0.25, 0.3) is 0 Å². The number of terminal acetylenes is 1. The van der Waals surface area contributed by atoms with E-state index in [0.717, 1.165) is 15.6 Å². The van der Waals surface area contributed by atoms with Crippen LogP contribution in [0, 0.1) is 12.3 Å². The standard InChI is InChI=1S/C9H6BrCl/c1-2-7-3-8(6-11)5-9(10)4-7/h1,3-5H,6H2. The van der Waals surface area contributed by atoms with Gasteiger partial charge in [-0.2, -0.15) is 0 Å². The molecule has 0 bridgehead atoms. The Morgan fingerprint density at radius 1 is 1.45 bits per heavy atom. The Bertz CT molecular complexity index is 299. The van der Waals surface area contributed by atoms with Crippen molar-refractivity contribution >= 4 is 27.5 Å². The fourth-order valence-electron chi connectivity index (χ4n) is 0.811. The molecule has 0 aliphatic carbocycles. The van der Waals surface area contributed by atoms with Crippen LogP contribution in [0.5, 0.6) is 0 Å². The van der Waals surface area contributed by atoms with Gasteiger partial charge in [0.2, 0.25) is 0 Å². The minimum absolute atomic E-state index is 0.494. The minimum atomic E-state index is 0.494. The Morgan fingerprint density at radius 3 is 2.73 bits per heavy atom. The number of benzene rings is 1. The molecule has 0 atom stereocenters. The van der Waals surface area contributed by atoms with Gasteiger partial charge in [0.15, 0.2) is 0 Å². The lowest BCUT2D eigenvalue weighted by Crippen LogP contribution is -1.80. The molecule has 0 unspecified atom stereocenters. The van der Waals surface area contributed by atoms with Crippen molar-refractivity contribution in [1.82, 2.24) is 0 Å². The Hall–Kier alpha value is -0.450. The summed E-state index contributed by atoms with van der Waals surface area (Å²) in [5.74, 6) is 3.05. The van der Waals surface area contributed by atoms with E-state index in [-0.39, 0.29) is 0 Å². The quantitative estimate of drug-likeness (QED) is 0.513. The van der Waals surface area contributed by atoms with Crippen LogP contribution in [0.1, 0.15) is 11.1 Å². The van der Waals surface area contributed by atoms with E-state index in [0.29, 0.717) is 5.88 Å². The van der Waals surface area contributed by atoms with Crippen LogP contribution in [-0.4, -0.2) is 0 Å². The molecule has 0 aliphatic heterocycles. The molecule has 0 nitrogen and oxygen atoms in total. The molecule has 11 heavy (non-hydrogen) atoms. The van der Waals surface area contributed by atoms with Crippen LogP contribution in [0.15, 0.2) is 22.7 Å². The van der Waals surface area contributed by atoms with Crippen LogP contribution < -0.4 is 0 Å². The highest BCUT2D eigenvalue weighted by atomic mass is 79.9. The molecule has 1 rings (SSSR count). The highest BCUT2D eigenvalue weighted by molar-refractivity contribution is 9.10. The van der Waals surface area contributed by atoms with Crippen molar-refractivity contribution < 1.29 is 0 Å². The van der Waals surface area contributed by atoms with Gasteiger partial charge < -0.3 is 0 Å². The van der Waals surface area contributed by atoms with Gasteiger partial charge in [0.25, 0.3) is 0 Å². The van der Waals surface area contributed by atoms with Crippen LogP contribution in [-0.2, 0) is 5.88 Å². The maximum absolute atomic E-state index is 5.64. The van der Waals surface area contributed by atoms with Crippen LogP contribution in [0.3, 0.4) is 0 Å². The van der Waals surface area contributed by atoms with Crippen molar-refractivity contribution in [1.29, 1.82) is 0 Å². The first-order valence-electron chi connectivity index (χ1n) is 3.08. The lowest BCUT2D eigenvalue weighted by Gasteiger charge is -1.97. The topological polar surface area (TPSA) is 0 Å². The third-order valence-electron chi connectivity index (χ3n) is 1.28. The van der Waals surface area contributed by atoms with Gasteiger partial charge in [0.05, 0.1) is 0 Å². The maximum Gasteiger partial charge on any atom is 0.0474 e. The summed E-state index contributed by atoms with van der Waals surface area (Å²) in [4.78, 5) is 0. The molecule has 0 fully saturated rings. The van der Waals surface area contributed by atoms with Gasteiger partial charge in [-0.3, -0.25) is 0 Å². The molecule has 0 aromatic heterocycles. The summed E-state index contributed by atoms with van der Waals surface area (Å²) in [6.07, 6.45) is 5.23. The fraction of sp³-hybridized carbons (Fsp3) is 0.111. The summed E-state index contributed by atoms with van der Waals surface area (Å²) in [6, 6.07) is 5.74. The lowest BCUT2D eigenvalue weighted by atomic mass is 10.1. The largest absolute Gasteiger partial charge is 0.122 e. The van der Waals surface area contributed by atoms with Gasteiger partial charge in [-0.15, -0.1) is 18.0 Å². The Morgan fingerprint density at radius 2 is 2.18 bits per heavy atom. The Kier molecular flexibility index (Phi) is 2.99. The predicted octanol–water partition coefficient (Wildman–Crippen LogP) is 3.17. The number of hydrogen-bond acceptors (Lipinski definition) is 0. The summed E-state index contributed by atoms with van der Waals surface area (Å²) >= 11 is 8.98. The SMILES string of the molecule is C#Cc1cc(Br)cc(CCl)c1. The first-order chi connectivity index (χ1) is 5.26. The normalized spacial score (nSPS) is 9.18. The summed E-state index contributed by atoms with van der Waals surface area (Å²) in [7, 11) is 0. The zero-order valence-electron chi connectivity index (χ0n) is 5.77. The number of halogens is 2. The number of hydrogen-bond donors (Lipinski definition) is 0. The van der Waals surface area contributed by atoms with E-state index in [1.54, 1.807) is 0 Å². The highest BCUT2D eigenvalue weighted by Gasteiger charge is 1.95. The average Bonchev–Trinajstić information content (AvgIpc) is 2.03. The molecule has 0 spiro atoms. The third-order valence-corrected chi connectivity index (χ3v) is 2.04. The average molecular weight is 230 g/mol. The number of alkyl halides is 1. The first kappa shape index (κ1) is 8.64. The van der Waals surface area contributed by atoms with E-state index in [4.69, 9.17) is 18.0 Å². The second-order valence-electron chi connectivity index (χ2n) is 2.13. The molecule has 2 heteroatoms. The molecule has 0 saturated heterocycles. The molecule has 0 amide bonds. The minimum Gasteiger partial charge on any atom is -0.122 e. The van der Waals surface area contributed by atoms with Gasteiger partial charge in [0.1, 0.15) is 0 Å². The van der Waals surface area contributed by atoms with Crippen LogP contribution in [0.2, 0.25) is 0 Å². The molecular formula is C9H6BrCl.